The highest BCUT2D eigenvalue weighted by atomic mass is 16.5. The van der Waals surface area contributed by atoms with Crippen molar-refractivity contribution in [2.45, 2.75) is 96.6 Å². The van der Waals surface area contributed by atoms with Gasteiger partial charge in [0.05, 0.1) is 12.1 Å². The lowest BCUT2D eigenvalue weighted by atomic mass is 10.0. The maximum atomic E-state index is 13.7. The first-order valence-corrected chi connectivity index (χ1v) is 17.1. The van der Waals surface area contributed by atoms with Crippen LogP contribution in [0.25, 0.3) is 0 Å². The summed E-state index contributed by atoms with van der Waals surface area (Å²) in [6, 6.07) is 11.3. The Balaban J connectivity index is 1.67. The van der Waals surface area contributed by atoms with Gasteiger partial charge in [-0.15, -0.1) is 0 Å². The van der Waals surface area contributed by atoms with Crippen molar-refractivity contribution in [3.63, 3.8) is 0 Å². The molecule has 2 bridgehead atoms. The number of nitrogens with one attached hydrogen (secondary N) is 5. The van der Waals surface area contributed by atoms with Gasteiger partial charge in [0.15, 0.2) is 12.1 Å². The number of oxazole rings is 1. The van der Waals surface area contributed by atoms with Crippen LogP contribution in [0.3, 0.4) is 0 Å². The molecule has 5 rings (SSSR count). The number of fused-ring (bicyclic) bond motifs is 17. The van der Waals surface area contributed by atoms with E-state index in [1.807, 2.05) is 44.2 Å². The Hall–Kier alpha value is -5.24. The van der Waals surface area contributed by atoms with Crippen LogP contribution in [0.15, 0.2) is 65.4 Å². The summed E-state index contributed by atoms with van der Waals surface area (Å²) in [6.07, 6.45) is 0.298. The van der Waals surface area contributed by atoms with Crippen LogP contribution >= 0.6 is 0 Å². The summed E-state index contributed by atoms with van der Waals surface area (Å²) in [6.45, 7) is 10.1. The molecule has 2 aromatic carbocycles. The highest BCUT2D eigenvalue weighted by Crippen LogP contribution is 2.19. The summed E-state index contributed by atoms with van der Waals surface area (Å²) in [5.74, 6) is -2.94. The van der Waals surface area contributed by atoms with Gasteiger partial charge < -0.3 is 40.8 Å². The lowest BCUT2D eigenvalue weighted by molar-refractivity contribution is -0.136. The molecule has 3 heterocycles. The van der Waals surface area contributed by atoms with E-state index >= 15 is 0 Å². The number of aromatic nitrogens is 1. The first-order chi connectivity index (χ1) is 24.2. The second kappa shape index (κ2) is 17.6. The predicted octanol–water partition coefficient (Wildman–Crippen LogP) is 1.77. The molecular formula is C37H48N6O8. The summed E-state index contributed by atoms with van der Waals surface area (Å²) in [5, 5.41) is 24.0. The van der Waals surface area contributed by atoms with Gasteiger partial charge in [0.25, 0.3) is 5.91 Å². The molecule has 0 saturated heterocycles. The average Bonchev–Trinajstić information content (AvgIpc) is 3.59. The third kappa shape index (κ3) is 10.6. The molecule has 1 aromatic heterocycles. The lowest BCUT2D eigenvalue weighted by Crippen LogP contribution is -2.61. The van der Waals surface area contributed by atoms with E-state index in [0.717, 1.165) is 12.0 Å². The minimum atomic E-state index is -1.45. The van der Waals surface area contributed by atoms with Crippen LogP contribution < -0.4 is 31.3 Å². The van der Waals surface area contributed by atoms with Gasteiger partial charge in [0, 0.05) is 12.3 Å². The van der Waals surface area contributed by atoms with Gasteiger partial charge in [-0.05, 0) is 49.4 Å². The number of hydrogen-bond donors (Lipinski definition) is 6. The van der Waals surface area contributed by atoms with Crippen LogP contribution in [0.5, 0.6) is 5.75 Å². The number of amides is 5. The van der Waals surface area contributed by atoms with E-state index in [9.17, 15) is 29.1 Å². The normalized spacial score (nSPS) is 23.0. The summed E-state index contributed by atoms with van der Waals surface area (Å²) < 4.78 is 11.5. The zero-order valence-corrected chi connectivity index (χ0v) is 29.8. The predicted molar refractivity (Wildman–Crippen MR) is 188 cm³/mol. The Labute approximate surface area is 297 Å². The largest absolute Gasteiger partial charge is 0.491 e. The summed E-state index contributed by atoms with van der Waals surface area (Å²) in [4.78, 5) is 71.5. The quantitative estimate of drug-likeness (QED) is 0.198. The van der Waals surface area contributed by atoms with Crippen LogP contribution in [0, 0.1) is 5.92 Å². The van der Waals surface area contributed by atoms with Gasteiger partial charge in [-0.3, -0.25) is 24.0 Å². The fourth-order valence-electron chi connectivity index (χ4n) is 5.61. The molecule has 14 nitrogen and oxygen atoms in total. The first kappa shape index (κ1) is 38.6. The number of aliphatic hydroxyl groups is 1. The van der Waals surface area contributed by atoms with Crippen molar-refractivity contribution in [3.8, 4) is 5.75 Å². The Morgan fingerprint density at radius 1 is 0.863 bits per heavy atom. The van der Waals surface area contributed by atoms with Gasteiger partial charge >= 0.3 is 0 Å². The number of nitrogens with zero attached hydrogens (tertiary/aromatic N) is 1. The zero-order chi connectivity index (χ0) is 37.2. The van der Waals surface area contributed by atoms with Crippen molar-refractivity contribution in [3.05, 3.63) is 83.6 Å². The van der Waals surface area contributed by atoms with Crippen molar-refractivity contribution in [1.82, 2.24) is 31.6 Å². The van der Waals surface area contributed by atoms with Gasteiger partial charge in [0.1, 0.15) is 42.3 Å². The van der Waals surface area contributed by atoms with E-state index < -0.39 is 65.8 Å². The molecule has 6 N–H and O–H groups in total. The molecule has 0 aliphatic carbocycles. The van der Waals surface area contributed by atoms with Gasteiger partial charge in [0.2, 0.25) is 23.6 Å². The molecule has 0 unspecified atom stereocenters. The molecule has 0 fully saturated rings. The van der Waals surface area contributed by atoms with Crippen molar-refractivity contribution >= 4 is 29.5 Å². The second-order valence-corrected chi connectivity index (χ2v) is 13.5. The summed E-state index contributed by atoms with van der Waals surface area (Å²) in [5.41, 5.74) is 1.68. The SMILES string of the molecule is CC(C)c1ocnc1C(=O)N[C@H]1Cc2ccc(cc2)OC[C@H](Cc2ccccc2)NC(=O)[C@@H](C(C)C)NC(=O)[C@H]([C@@H](C)O)NC(=O)[C@@H](C)NC1=O. The Bertz CT molecular complexity index is 1660. The number of benzene rings is 2. The maximum Gasteiger partial charge on any atom is 0.274 e. The number of ether oxygens (including phenoxy) is 1. The molecule has 6 atom stereocenters. The molecular weight excluding hydrogens is 656 g/mol. The number of rotatable bonds is 7. The van der Waals surface area contributed by atoms with E-state index in [0.29, 0.717) is 23.5 Å². The minimum absolute atomic E-state index is 0.0430. The molecule has 0 radical (unpaired) electrons. The number of aliphatic hydroxyl groups excluding tert-OH is 1. The smallest absolute Gasteiger partial charge is 0.274 e. The molecule has 0 saturated carbocycles. The minimum Gasteiger partial charge on any atom is -0.491 e. The molecule has 14 heteroatoms. The molecule has 3 aromatic rings. The van der Waals surface area contributed by atoms with Crippen LogP contribution in [-0.2, 0) is 32.0 Å². The van der Waals surface area contributed by atoms with E-state index in [-0.39, 0.29) is 30.6 Å². The summed E-state index contributed by atoms with van der Waals surface area (Å²) >= 11 is 0. The molecule has 5 amide bonds. The number of carbonyl (C=O) groups is 5. The van der Waals surface area contributed by atoms with E-state index in [1.165, 1.54) is 13.8 Å². The monoisotopic (exact) mass is 704 g/mol. The number of carbonyl (C=O) groups excluding carboxylic acids is 5. The highest BCUT2D eigenvalue weighted by Gasteiger charge is 2.34. The lowest BCUT2D eigenvalue weighted by Gasteiger charge is -2.29. The molecule has 274 valence electrons. The fourth-order valence-corrected chi connectivity index (χ4v) is 5.61. The van der Waals surface area contributed by atoms with E-state index in [1.54, 1.807) is 38.1 Å². The van der Waals surface area contributed by atoms with E-state index in [4.69, 9.17) is 9.15 Å². The first-order valence-electron chi connectivity index (χ1n) is 17.1. The third-order valence-corrected chi connectivity index (χ3v) is 8.50. The Kier molecular flexibility index (Phi) is 13.3. The molecule has 51 heavy (non-hydrogen) atoms. The molecule has 2 aliphatic rings. The Morgan fingerprint density at radius 3 is 2.14 bits per heavy atom. The highest BCUT2D eigenvalue weighted by molar-refractivity contribution is 5.98. The van der Waals surface area contributed by atoms with Crippen LogP contribution in [0.1, 0.15) is 74.8 Å². The van der Waals surface area contributed by atoms with Crippen LogP contribution in [-0.4, -0.2) is 82.5 Å². The van der Waals surface area contributed by atoms with Crippen LogP contribution in [0.2, 0.25) is 0 Å². The Morgan fingerprint density at radius 2 is 1.51 bits per heavy atom. The van der Waals surface area contributed by atoms with Gasteiger partial charge in [-0.25, -0.2) is 4.98 Å². The van der Waals surface area contributed by atoms with Crippen molar-refractivity contribution in [2.75, 3.05) is 6.61 Å². The van der Waals surface area contributed by atoms with E-state index in [2.05, 4.69) is 31.6 Å². The number of hydrogen-bond acceptors (Lipinski definition) is 9. The van der Waals surface area contributed by atoms with Crippen molar-refractivity contribution < 1.29 is 38.2 Å². The fraction of sp³-hybridized carbons (Fsp3) is 0.459. The molecule has 2 aliphatic heterocycles. The van der Waals surface area contributed by atoms with Crippen molar-refractivity contribution in [1.29, 1.82) is 0 Å². The van der Waals surface area contributed by atoms with Crippen molar-refractivity contribution in [2.24, 2.45) is 5.92 Å². The topological polar surface area (TPSA) is 201 Å². The third-order valence-electron chi connectivity index (χ3n) is 8.50. The molecule has 0 spiro atoms. The van der Waals surface area contributed by atoms with Gasteiger partial charge in [-0.1, -0.05) is 70.2 Å². The standard InChI is InChI=1S/C37H48N6O8/c1-20(2)29-35(47)40-26(16-24-10-8-7-9-11-24)18-50-27-14-12-25(13-15-27)17-28(41-37(49)31-32(21(3)4)51-19-38-31)34(46)39-22(5)33(45)43-30(23(6)44)36(48)42-29/h7-15,19-23,26,28-30,44H,16-18H2,1-6H3,(H,39,46)(H,40,47)(H,41,49)(H,42,48)(H,43,45)/t22-,23-,26+,28+,29-,30+/m1/s1. The zero-order valence-electron chi connectivity index (χ0n) is 29.8. The van der Waals surface area contributed by atoms with Gasteiger partial charge in [-0.2, -0.15) is 0 Å². The van der Waals surface area contributed by atoms with Crippen LogP contribution in [0.4, 0.5) is 0 Å². The average molecular weight is 705 g/mol. The maximum absolute atomic E-state index is 13.7. The second-order valence-electron chi connectivity index (χ2n) is 13.5. The summed E-state index contributed by atoms with van der Waals surface area (Å²) in [7, 11) is 0.